The molecule has 6 heteroatoms. The topological polar surface area (TPSA) is 64.1 Å². The summed E-state index contributed by atoms with van der Waals surface area (Å²) in [6.07, 6.45) is 3.36. The Labute approximate surface area is 124 Å². The number of nitrogens with zero attached hydrogens (tertiary/aromatic N) is 2. The quantitative estimate of drug-likeness (QED) is 0.820. The number of rotatable bonds is 6. The van der Waals surface area contributed by atoms with Crippen LogP contribution in [0.5, 0.6) is 0 Å². The van der Waals surface area contributed by atoms with Gasteiger partial charge < -0.3 is 10.1 Å². The second-order valence-electron chi connectivity index (χ2n) is 5.98. The molecule has 1 N–H and O–H groups in total. The number of carbonyl (C=O) groups is 1. The van der Waals surface area contributed by atoms with Crippen LogP contribution in [0, 0.1) is 12.3 Å². The number of aryl methyl sites for hydroxylation is 1. The highest BCUT2D eigenvalue weighted by atomic mass is 32.1. The van der Waals surface area contributed by atoms with Crippen molar-refractivity contribution in [3.8, 4) is 0 Å². The van der Waals surface area contributed by atoms with E-state index in [4.69, 9.17) is 4.74 Å². The van der Waals surface area contributed by atoms with E-state index in [9.17, 15) is 4.79 Å². The molecule has 5 nitrogen and oxygen atoms in total. The van der Waals surface area contributed by atoms with Gasteiger partial charge in [-0.25, -0.2) is 0 Å². The Hall–Kier alpha value is -1.01. The van der Waals surface area contributed by atoms with Gasteiger partial charge in [0.25, 0.3) is 5.91 Å². The number of hydrogen-bond acceptors (Lipinski definition) is 5. The van der Waals surface area contributed by atoms with Crippen molar-refractivity contribution >= 4 is 17.4 Å². The molecule has 1 aliphatic carbocycles. The molecular formula is C14H23N3O2S. The molecule has 0 bridgehead atoms. The van der Waals surface area contributed by atoms with Gasteiger partial charge in [-0.05, 0) is 31.3 Å². The van der Waals surface area contributed by atoms with Gasteiger partial charge in [-0.2, -0.15) is 0 Å². The zero-order valence-electron chi connectivity index (χ0n) is 12.6. The lowest BCUT2D eigenvalue weighted by Crippen LogP contribution is -2.62. The van der Waals surface area contributed by atoms with Crippen LogP contribution < -0.4 is 5.32 Å². The fourth-order valence-electron chi connectivity index (χ4n) is 2.45. The molecule has 112 valence electrons. The Balaban J connectivity index is 1.86. The van der Waals surface area contributed by atoms with Crippen molar-refractivity contribution in [3.05, 3.63) is 10.6 Å². The van der Waals surface area contributed by atoms with Crippen molar-refractivity contribution in [3.63, 3.8) is 0 Å². The predicted octanol–water partition coefficient (Wildman–Crippen LogP) is 2.56. The molecule has 20 heavy (non-hydrogen) atoms. The van der Waals surface area contributed by atoms with Crippen LogP contribution in [-0.4, -0.2) is 34.2 Å². The van der Waals surface area contributed by atoms with Crippen LogP contribution in [0.4, 0.5) is 0 Å². The summed E-state index contributed by atoms with van der Waals surface area (Å²) in [5.74, 6) is -0.0671. The van der Waals surface area contributed by atoms with E-state index < -0.39 is 0 Å². The molecule has 1 amide bonds. The van der Waals surface area contributed by atoms with E-state index in [0.29, 0.717) is 10.6 Å². The van der Waals surface area contributed by atoms with E-state index in [1.807, 2.05) is 0 Å². The molecule has 0 spiro atoms. The van der Waals surface area contributed by atoms with Crippen molar-refractivity contribution in [1.29, 1.82) is 0 Å². The molecule has 1 saturated carbocycles. The van der Waals surface area contributed by atoms with E-state index in [1.54, 1.807) is 6.92 Å². The highest BCUT2D eigenvalue weighted by Gasteiger charge is 2.49. The molecule has 2 atom stereocenters. The van der Waals surface area contributed by atoms with E-state index in [1.165, 1.54) is 0 Å². The lowest BCUT2D eigenvalue weighted by atomic mass is 9.64. The summed E-state index contributed by atoms with van der Waals surface area (Å²) in [6, 6.07) is 0.156. The summed E-state index contributed by atoms with van der Waals surface area (Å²) in [7, 11) is 0. The fourth-order valence-corrected chi connectivity index (χ4v) is 3.01. The maximum absolute atomic E-state index is 12.2. The summed E-state index contributed by atoms with van der Waals surface area (Å²) >= 11 is 1.15. The molecule has 1 heterocycles. The number of unbranched alkanes of at least 4 members (excludes halogenated alkanes) is 1. The Morgan fingerprint density at radius 3 is 2.85 bits per heavy atom. The Morgan fingerprint density at radius 1 is 1.55 bits per heavy atom. The molecule has 1 aromatic heterocycles. The van der Waals surface area contributed by atoms with Gasteiger partial charge in [-0.3, -0.25) is 4.79 Å². The maximum atomic E-state index is 12.2. The number of aromatic nitrogens is 2. The summed E-state index contributed by atoms with van der Waals surface area (Å²) in [4.78, 5) is 12.8. The first-order valence-corrected chi connectivity index (χ1v) is 7.95. The zero-order chi connectivity index (χ0) is 14.8. The first-order chi connectivity index (χ1) is 9.46. The van der Waals surface area contributed by atoms with Gasteiger partial charge in [0.15, 0.2) is 0 Å². The van der Waals surface area contributed by atoms with Crippen molar-refractivity contribution in [2.24, 2.45) is 5.41 Å². The third-order valence-electron chi connectivity index (χ3n) is 4.16. The summed E-state index contributed by atoms with van der Waals surface area (Å²) in [6.45, 7) is 9.07. The Morgan fingerprint density at radius 2 is 2.30 bits per heavy atom. The summed E-state index contributed by atoms with van der Waals surface area (Å²) < 4.78 is 9.69. The Kier molecular flexibility index (Phi) is 4.75. The van der Waals surface area contributed by atoms with Crippen LogP contribution in [0.25, 0.3) is 0 Å². The molecule has 0 unspecified atom stereocenters. The minimum absolute atomic E-state index is 0.0184. The SMILES string of the molecule is CCCCO[C@@H]1C[C@H](NC(=O)c2snnc2C)C1(C)C. The zero-order valence-corrected chi connectivity index (χ0v) is 13.4. The van der Waals surface area contributed by atoms with Crippen molar-refractivity contribution < 1.29 is 9.53 Å². The van der Waals surface area contributed by atoms with Crippen molar-refractivity contribution in [2.45, 2.75) is 59.1 Å². The Bertz CT molecular complexity index is 473. The normalized spacial score (nSPS) is 24.2. The van der Waals surface area contributed by atoms with Crippen LogP contribution in [0.1, 0.15) is 55.4 Å². The summed E-state index contributed by atoms with van der Waals surface area (Å²) in [5, 5.41) is 6.95. The van der Waals surface area contributed by atoms with Crippen LogP contribution in [-0.2, 0) is 4.74 Å². The molecule has 1 aliphatic rings. The average molecular weight is 297 g/mol. The molecule has 1 aromatic rings. The average Bonchev–Trinajstić information content (AvgIpc) is 2.83. The van der Waals surface area contributed by atoms with Gasteiger partial charge in [0.05, 0.1) is 11.8 Å². The first-order valence-electron chi connectivity index (χ1n) is 7.18. The van der Waals surface area contributed by atoms with Crippen molar-refractivity contribution in [2.75, 3.05) is 6.61 Å². The highest BCUT2D eigenvalue weighted by molar-refractivity contribution is 7.08. The minimum atomic E-state index is -0.0671. The molecule has 1 fully saturated rings. The number of nitrogens with one attached hydrogen (secondary N) is 1. The van der Waals surface area contributed by atoms with E-state index in [0.717, 1.165) is 37.4 Å². The van der Waals surface area contributed by atoms with Crippen LogP contribution in [0.15, 0.2) is 0 Å². The maximum Gasteiger partial charge on any atom is 0.265 e. The second kappa shape index (κ2) is 6.18. The molecule has 0 radical (unpaired) electrons. The van der Waals surface area contributed by atoms with Gasteiger partial charge in [0.2, 0.25) is 0 Å². The van der Waals surface area contributed by atoms with E-state index >= 15 is 0 Å². The van der Waals surface area contributed by atoms with E-state index in [2.05, 4.69) is 35.7 Å². The standard InChI is InChI=1S/C14H23N3O2S/c1-5-6-7-19-11-8-10(14(11,3)4)15-13(18)12-9(2)16-17-20-12/h10-11H,5-8H2,1-4H3,(H,15,18)/t10-,11+/m0/s1. The number of amides is 1. The first kappa shape index (κ1) is 15.4. The molecule has 2 rings (SSSR count). The van der Waals surface area contributed by atoms with E-state index in [-0.39, 0.29) is 23.5 Å². The number of carbonyl (C=O) groups excluding carboxylic acids is 1. The van der Waals surface area contributed by atoms with Crippen LogP contribution in [0.2, 0.25) is 0 Å². The monoisotopic (exact) mass is 297 g/mol. The predicted molar refractivity (Wildman–Crippen MR) is 78.9 cm³/mol. The fraction of sp³-hybridized carbons (Fsp3) is 0.786. The van der Waals surface area contributed by atoms with Crippen LogP contribution in [0.3, 0.4) is 0 Å². The summed E-state index contributed by atoms with van der Waals surface area (Å²) in [5.41, 5.74) is 0.676. The lowest BCUT2D eigenvalue weighted by molar-refractivity contribution is -0.115. The molecule has 0 saturated heterocycles. The number of hydrogen-bond donors (Lipinski definition) is 1. The number of ether oxygens (including phenoxy) is 1. The molecule has 0 aromatic carbocycles. The van der Waals surface area contributed by atoms with Crippen LogP contribution >= 0.6 is 11.5 Å². The van der Waals surface area contributed by atoms with Gasteiger partial charge in [-0.15, -0.1) is 5.10 Å². The van der Waals surface area contributed by atoms with Gasteiger partial charge in [-0.1, -0.05) is 31.7 Å². The minimum Gasteiger partial charge on any atom is -0.378 e. The van der Waals surface area contributed by atoms with Gasteiger partial charge >= 0.3 is 0 Å². The van der Waals surface area contributed by atoms with Crippen molar-refractivity contribution in [1.82, 2.24) is 14.9 Å². The third-order valence-corrected chi connectivity index (χ3v) is 4.98. The smallest absolute Gasteiger partial charge is 0.265 e. The van der Waals surface area contributed by atoms with Gasteiger partial charge in [0, 0.05) is 18.1 Å². The second-order valence-corrected chi connectivity index (χ2v) is 6.74. The largest absolute Gasteiger partial charge is 0.378 e. The third kappa shape index (κ3) is 3.01. The highest BCUT2D eigenvalue weighted by Crippen LogP contribution is 2.43. The molecule has 0 aliphatic heterocycles. The molecular weight excluding hydrogens is 274 g/mol. The lowest BCUT2D eigenvalue weighted by Gasteiger charge is -2.51. The van der Waals surface area contributed by atoms with Gasteiger partial charge in [0.1, 0.15) is 4.88 Å².